The van der Waals surface area contributed by atoms with Crippen molar-refractivity contribution in [2.75, 3.05) is 11.1 Å². The quantitative estimate of drug-likeness (QED) is 0.522. The second kappa shape index (κ2) is 6.61. The SMILES string of the molecule is [B]c1ncc(NC(=O)[C@@](C)(O)CS(=O)(=O)c2ccc(F)cc2)nn1. The third kappa shape index (κ3) is 4.33. The van der Waals surface area contributed by atoms with E-state index in [-0.39, 0.29) is 16.4 Å². The molecule has 24 heavy (non-hydrogen) atoms. The first-order chi connectivity index (χ1) is 11.1. The second-order valence-electron chi connectivity index (χ2n) is 5.14. The number of nitrogens with one attached hydrogen (secondary N) is 1. The lowest BCUT2D eigenvalue weighted by molar-refractivity contribution is -0.130. The summed E-state index contributed by atoms with van der Waals surface area (Å²) in [6, 6.07) is 4.04. The van der Waals surface area contributed by atoms with Crippen LogP contribution >= 0.6 is 0 Å². The molecule has 124 valence electrons. The van der Waals surface area contributed by atoms with Crippen LogP contribution in [0.4, 0.5) is 10.2 Å². The number of hydrogen-bond donors (Lipinski definition) is 2. The van der Waals surface area contributed by atoms with Crippen molar-refractivity contribution < 1.29 is 22.7 Å². The lowest BCUT2D eigenvalue weighted by atomic mass is 10.1. The van der Waals surface area contributed by atoms with Crippen LogP contribution in [-0.2, 0) is 14.6 Å². The molecule has 0 spiro atoms. The highest BCUT2D eigenvalue weighted by atomic mass is 32.2. The van der Waals surface area contributed by atoms with Gasteiger partial charge in [-0.2, -0.15) is 0 Å². The van der Waals surface area contributed by atoms with Crippen LogP contribution in [0.1, 0.15) is 6.92 Å². The van der Waals surface area contributed by atoms with Crippen molar-refractivity contribution in [3.8, 4) is 0 Å². The van der Waals surface area contributed by atoms with Gasteiger partial charge in [0.05, 0.1) is 22.6 Å². The van der Waals surface area contributed by atoms with Crippen molar-refractivity contribution in [3.63, 3.8) is 0 Å². The maximum atomic E-state index is 12.9. The van der Waals surface area contributed by atoms with Gasteiger partial charge in [-0.25, -0.2) is 17.8 Å². The highest BCUT2D eigenvalue weighted by molar-refractivity contribution is 7.91. The summed E-state index contributed by atoms with van der Waals surface area (Å²) in [5.41, 5.74) is -2.38. The molecule has 2 N–H and O–H groups in total. The Hall–Kier alpha value is -2.40. The normalized spacial score (nSPS) is 14.0. The number of halogens is 1. The fraction of sp³-hybridized carbons (Fsp3) is 0.231. The average Bonchev–Trinajstić information content (AvgIpc) is 2.49. The van der Waals surface area contributed by atoms with Gasteiger partial charge in [0.1, 0.15) is 5.82 Å². The van der Waals surface area contributed by atoms with E-state index in [0.29, 0.717) is 0 Å². The minimum absolute atomic E-state index is 0.103. The Bertz CT molecular complexity index is 841. The summed E-state index contributed by atoms with van der Waals surface area (Å²) in [5.74, 6) is -2.64. The summed E-state index contributed by atoms with van der Waals surface area (Å²) in [7, 11) is 1.22. The molecule has 0 aliphatic carbocycles. The van der Waals surface area contributed by atoms with Gasteiger partial charge >= 0.3 is 0 Å². The number of hydrogen-bond acceptors (Lipinski definition) is 7. The molecule has 0 saturated carbocycles. The largest absolute Gasteiger partial charge is 0.379 e. The molecule has 2 rings (SSSR count). The molecule has 1 heterocycles. The fourth-order valence-corrected chi connectivity index (χ4v) is 3.34. The molecule has 2 radical (unpaired) electrons. The summed E-state index contributed by atoms with van der Waals surface area (Å²) >= 11 is 0. The molecular weight excluding hydrogens is 338 g/mol. The predicted molar refractivity (Wildman–Crippen MR) is 82.9 cm³/mol. The first-order valence-electron chi connectivity index (χ1n) is 6.57. The fourth-order valence-electron chi connectivity index (χ4n) is 1.75. The predicted octanol–water partition coefficient (Wildman–Crippen LogP) is -1.03. The standard InChI is InChI=1S/C13H12BFN4O4S/c1-13(21,11(20)17-10-6-16-12(14)19-18-10)7-24(22,23)9-4-2-8(15)3-5-9/h2-6,21H,7H2,1H3,(H,17,18,20)/t13-/m0/s1. The van der Waals surface area contributed by atoms with E-state index in [9.17, 15) is 22.7 Å². The summed E-state index contributed by atoms with van der Waals surface area (Å²) in [6.45, 7) is 1.03. The van der Waals surface area contributed by atoms with E-state index in [1.54, 1.807) is 0 Å². The minimum atomic E-state index is -4.03. The minimum Gasteiger partial charge on any atom is -0.379 e. The van der Waals surface area contributed by atoms with Crippen LogP contribution in [0.2, 0.25) is 0 Å². The number of carbonyl (C=O) groups excluding carboxylic acids is 1. The van der Waals surface area contributed by atoms with Gasteiger partial charge in [0.2, 0.25) is 0 Å². The van der Waals surface area contributed by atoms with Gasteiger partial charge in [0, 0.05) is 0 Å². The lowest BCUT2D eigenvalue weighted by Crippen LogP contribution is -2.46. The van der Waals surface area contributed by atoms with Crippen molar-refractivity contribution in [2.24, 2.45) is 0 Å². The van der Waals surface area contributed by atoms with Gasteiger partial charge in [-0.15, -0.1) is 10.2 Å². The van der Waals surface area contributed by atoms with Gasteiger partial charge in [0.15, 0.2) is 29.1 Å². The molecule has 1 aromatic carbocycles. The van der Waals surface area contributed by atoms with Gasteiger partial charge in [0.25, 0.3) is 5.91 Å². The van der Waals surface area contributed by atoms with Crippen LogP contribution in [0.25, 0.3) is 0 Å². The van der Waals surface area contributed by atoms with E-state index in [2.05, 4.69) is 20.5 Å². The van der Waals surface area contributed by atoms with Crippen LogP contribution < -0.4 is 11.0 Å². The van der Waals surface area contributed by atoms with E-state index in [0.717, 1.165) is 37.4 Å². The highest BCUT2D eigenvalue weighted by Crippen LogP contribution is 2.18. The zero-order valence-electron chi connectivity index (χ0n) is 12.5. The van der Waals surface area contributed by atoms with Crippen LogP contribution in [-0.4, -0.2) is 53.8 Å². The molecule has 0 aliphatic heterocycles. The Morgan fingerprint density at radius 3 is 2.50 bits per heavy atom. The first-order valence-corrected chi connectivity index (χ1v) is 8.23. The molecule has 1 aromatic heterocycles. The molecule has 0 bridgehead atoms. The van der Waals surface area contributed by atoms with Gasteiger partial charge in [-0.3, -0.25) is 4.79 Å². The number of aromatic nitrogens is 3. The number of carbonyl (C=O) groups is 1. The lowest BCUT2D eigenvalue weighted by Gasteiger charge is -2.21. The number of sulfone groups is 1. The number of anilines is 1. The summed E-state index contributed by atoms with van der Waals surface area (Å²) < 4.78 is 37.4. The molecule has 2 aromatic rings. The summed E-state index contributed by atoms with van der Waals surface area (Å²) in [5, 5.41) is 19.3. The number of nitrogens with zero attached hydrogens (tertiary/aromatic N) is 3. The topological polar surface area (TPSA) is 122 Å². The molecule has 1 amide bonds. The van der Waals surface area contributed by atoms with Gasteiger partial charge < -0.3 is 10.4 Å². The smallest absolute Gasteiger partial charge is 0.258 e. The van der Waals surface area contributed by atoms with E-state index in [1.165, 1.54) is 0 Å². The number of benzene rings is 1. The van der Waals surface area contributed by atoms with Crippen LogP contribution in [0.3, 0.4) is 0 Å². The van der Waals surface area contributed by atoms with Crippen molar-refractivity contribution in [2.45, 2.75) is 17.4 Å². The zero-order valence-corrected chi connectivity index (χ0v) is 13.3. The van der Waals surface area contributed by atoms with Crippen molar-refractivity contribution in [1.82, 2.24) is 15.2 Å². The number of amides is 1. The second-order valence-corrected chi connectivity index (χ2v) is 7.13. The van der Waals surface area contributed by atoms with Crippen molar-refractivity contribution >= 4 is 35.1 Å². The Morgan fingerprint density at radius 1 is 1.33 bits per heavy atom. The van der Waals surface area contributed by atoms with Crippen LogP contribution in [0.5, 0.6) is 0 Å². The molecule has 0 unspecified atom stereocenters. The Morgan fingerprint density at radius 2 is 1.96 bits per heavy atom. The Balaban J connectivity index is 2.15. The van der Waals surface area contributed by atoms with E-state index in [4.69, 9.17) is 7.85 Å². The van der Waals surface area contributed by atoms with Gasteiger partial charge in [-0.1, -0.05) is 0 Å². The third-order valence-electron chi connectivity index (χ3n) is 2.95. The van der Waals surface area contributed by atoms with E-state index < -0.39 is 32.9 Å². The van der Waals surface area contributed by atoms with Crippen molar-refractivity contribution in [3.05, 3.63) is 36.3 Å². The number of aliphatic hydroxyl groups is 1. The van der Waals surface area contributed by atoms with E-state index in [1.807, 2.05) is 0 Å². The zero-order chi connectivity index (χ0) is 18.0. The Labute approximate surface area is 138 Å². The van der Waals surface area contributed by atoms with Gasteiger partial charge in [-0.05, 0) is 31.2 Å². The molecule has 0 aliphatic rings. The first kappa shape index (κ1) is 18.0. The maximum absolute atomic E-state index is 12.9. The highest BCUT2D eigenvalue weighted by Gasteiger charge is 2.37. The van der Waals surface area contributed by atoms with Crippen molar-refractivity contribution in [1.29, 1.82) is 0 Å². The molecule has 8 nitrogen and oxygen atoms in total. The molecular formula is C13H12BFN4O4S. The Kier molecular flexibility index (Phi) is 4.95. The molecule has 0 fully saturated rings. The van der Waals surface area contributed by atoms with Crippen LogP contribution in [0, 0.1) is 5.82 Å². The molecule has 0 saturated heterocycles. The van der Waals surface area contributed by atoms with Crippen LogP contribution in [0.15, 0.2) is 35.4 Å². The third-order valence-corrected chi connectivity index (χ3v) is 4.89. The summed E-state index contributed by atoms with van der Waals surface area (Å²) in [6.07, 6.45) is 1.10. The summed E-state index contributed by atoms with van der Waals surface area (Å²) in [4.78, 5) is 15.5. The van der Waals surface area contributed by atoms with E-state index >= 15 is 0 Å². The number of rotatable bonds is 5. The average molecular weight is 350 g/mol. The molecule has 11 heteroatoms. The molecule has 1 atom stereocenters. The maximum Gasteiger partial charge on any atom is 0.258 e. The monoisotopic (exact) mass is 350 g/mol.